The fraction of sp³-hybridized carbons (Fsp3) is 0.471. The third kappa shape index (κ3) is 4.80. The molecule has 0 aromatic heterocycles. The molecule has 1 aromatic carbocycles. The zero-order chi connectivity index (χ0) is 15.1. The third-order valence-electron chi connectivity index (χ3n) is 3.55. The summed E-state index contributed by atoms with van der Waals surface area (Å²) in [4.78, 5) is 12.2. The summed E-state index contributed by atoms with van der Waals surface area (Å²) in [7, 11) is 0. The number of carbonyl (C=O) groups excluding carboxylic acids is 1. The number of thioether (sulfide) groups is 1. The summed E-state index contributed by atoms with van der Waals surface area (Å²) in [5, 5.41) is 12.3. The number of nitrogens with one attached hydrogen (secondary N) is 1. The minimum Gasteiger partial charge on any atom is -0.384 e. The molecule has 1 saturated heterocycles. The molecule has 1 aromatic rings. The third-order valence-corrected chi connectivity index (χ3v) is 4.95. The maximum atomic E-state index is 12.2. The van der Waals surface area contributed by atoms with Gasteiger partial charge in [0.05, 0.1) is 0 Å². The van der Waals surface area contributed by atoms with E-state index in [1.807, 2.05) is 30.8 Å². The first-order chi connectivity index (χ1) is 10.2. The Morgan fingerprint density at radius 1 is 1.48 bits per heavy atom. The summed E-state index contributed by atoms with van der Waals surface area (Å²) in [5.74, 6) is 6.69. The summed E-state index contributed by atoms with van der Waals surface area (Å²) >= 11 is 1.96. The zero-order valence-electron chi connectivity index (χ0n) is 12.3. The highest BCUT2D eigenvalue weighted by Gasteiger charge is 2.15. The van der Waals surface area contributed by atoms with Gasteiger partial charge in [0.25, 0.3) is 5.91 Å². The van der Waals surface area contributed by atoms with Gasteiger partial charge in [-0.1, -0.05) is 18.3 Å². The molecule has 1 aliphatic heterocycles. The van der Waals surface area contributed by atoms with E-state index in [2.05, 4.69) is 17.2 Å². The largest absolute Gasteiger partial charge is 0.384 e. The van der Waals surface area contributed by atoms with Crippen molar-refractivity contribution >= 4 is 17.7 Å². The normalized spacial score (nSPS) is 17.7. The van der Waals surface area contributed by atoms with Crippen LogP contribution in [-0.4, -0.2) is 35.2 Å². The Hall–Kier alpha value is -1.44. The lowest BCUT2D eigenvalue weighted by Gasteiger charge is -2.21. The summed E-state index contributed by atoms with van der Waals surface area (Å²) in [6.45, 7) is 2.52. The molecule has 4 heteroatoms. The van der Waals surface area contributed by atoms with Gasteiger partial charge in [0.1, 0.15) is 6.61 Å². The van der Waals surface area contributed by atoms with Gasteiger partial charge in [-0.05, 0) is 49.3 Å². The van der Waals surface area contributed by atoms with E-state index in [0.717, 1.165) is 17.7 Å². The number of hydrogen-bond acceptors (Lipinski definition) is 3. The van der Waals surface area contributed by atoms with E-state index in [9.17, 15) is 4.79 Å². The molecule has 1 unspecified atom stereocenters. The van der Waals surface area contributed by atoms with Crippen LogP contribution >= 0.6 is 11.8 Å². The van der Waals surface area contributed by atoms with Crippen LogP contribution in [0.4, 0.5) is 0 Å². The second kappa shape index (κ2) is 8.11. The van der Waals surface area contributed by atoms with E-state index in [-0.39, 0.29) is 12.5 Å². The lowest BCUT2D eigenvalue weighted by Crippen LogP contribution is -2.31. The first-order valence-corrected chi connectivity index (χ1v) is 8.36. The van der Waals surface area contributed by atoms with Crippen LogP contribution in [-0.2, 0) is 0 Å². The molecule has 1 atom stereocenters. The van der Waals surface area contributed by atoms with Crippen molar-refractivity contribution in [2.75, 3.05) is 18.9 Å². The van der Waals surface area contributed by atoms with Gasteiger partial charge in [0.2, 0.25) is 0 Å². The van der Waals surface area contributed by atoms with Gasteiger partial charge in [0.15, 0.2) is 0 Å². The molecule has 112 valence electrons. The fourth-order valence-corrected chi connectivity index (χ4v) is 3.60. The Labute approximate surface area is 130 Å². The molecule has 0 spiro atoms. The van der Waals surface area contributed by atoms with Gasteiger partial charge in [0, 0.05) is 22.9 Å². The van der Waals surface area contributed by atoms with Gasteiger partial charge in [-0.3, -0.25) is 4.79 Å². The number of aliphatic hydroxyl groups excluding tert-OH is 1. The molecule has 0 radical (unpaired) electrons. The number of aliphatic hydroxyl groups is 1. The molecule has 1 amide bonds. The van der Waals surface area contributed by atoms with Crippen LogP contribution < -0.4 is 5.32 Å². The smallest absolute Gasteiger partial charge is 0.251 e. The molecule has 0 bridgehead atoms. The van der Waals surface area contributed by atoms with Crippen molar-refractivity contribution in [3.05, 3.63) is 34.9 Å². The molecule has 1 heterocycles. The minimum absolute atomic E-state index is 0.0223. The number of aryl methyl sites for hydroxylation is 1. The lowest BCUT2D eigenvalue weighted by molar-refractivity contribution is 0.0953. The van der Waals surface area contributed by atoms with Gasteiger partial charge in [-0.25, -0.2) is 0 Å². The van der Waals surface area contributed by atoms with Gasteiger partial charge < -0.3 is 10.4 Å². The Morgan fingerprint density at radius 2 is 2.33 bits per heavy atom. The predicted octanol–water partition coefficient (Wildman–Crippen LogP) is 2.35. The molecular formula is C17H21NO2S. The first-order valence-electron chi connectivity index (χ1n) is 7.31. The summed E-state index contributed by atoms with van der Waals surface area (Å²) in [6, 6.07) is 5.48. The number of hydrogen-bond donors (Lipinski definition) is 2. The van der Waals surface area contributed by atoms with Crippen LogP contribution in [0.3, 0.4) is 0 Å². The van der Waals surface area contributed by atoms with E-state index >= 15 is 0 Å². The summed E-state index contributed by atoms with van der Waals surface area (Å²) in [6.07, 6.45) is 3.76. The SMILES string of the molecule is Cc1cc(C(=O)NCC2CCCCS2)ccc1C#CCO. The lowest BCUT2D eigenvalue weighted by atomic mass is 10.0. The highest BCUT2D eigenvalue weighted by atomic mass is 32.2. The molecule has 21 heavy (non-hydrogen) atoms. The first kappa shape index (κ1) is 15.9. The highest BCUT2D eigenvalue weighted by molar-refractivity contribution is 7.99. The Bertz CT molecular complexity index is 554. The number of carbonyl (C=O) groups is 1. The van der Waals surface area contributed by atoms with Crippen molar-refractivity contribution in [2.24, 2.45) is 0 Å². The second-order valence-corrected chi connectivity index (χ2v) is 6.60. The molecule has 0 aliphatic carbocycles. The summed E-state index contributed by atoms with van der Waals surface area (Å²) < 4.78 is 0. The minimum atomic E-state index is -0.152. The van der Waals surface area contributed by atoms with Crippen molar-refractivity contribution in [3.63, 3.8) is 0 Å². The molecule has 3 nitrogen and oxygen atoms in total. The monoisotopic (exact) mass is 303 g/mol. The fourth-order valence-electron chi connectivity index (χ4n) is 2.36. The van der Waals surface area contributed by atoms with E-state index in [1.54, 1.807) is 6.07 Å². The van der Waals surface area contributed by atoms with E-state index in [0.29, 0.717) is 10.8 Å². The van der Waals surface area contributed by atoms with Crippen LogP contribution in [0, 0.1) is 18.8 Å². The van der Waals surface area contributed by atoms with Gasteiger partial charge >= 0.3 is 0 Å². The van der Waals surface area contributed by atoms with Crippen LogP contribution in [0.2, 0.25) is 0 Å². The number of rotatable bonds is 3. The Kier molecular flexibility index (Phi) is 6.16. The molecule has 2 rings (SSSR count). The second-order valence-electron chi connectivity index (χ2n) is 5.19. The van der Waals surface area contributed by atoms with Crippen LogP contribution in [0.15, 0.2) is 18.2 Å². The average Bonchev–Trinajstić information content (AvgIpc) is 2.52. The molecule has 0 saturated carbocycles. The predicted molar refractivity (Wildman–Crippen MR) is 87.6 cm³/mol. The number of amides is 1. The highest BCUT2D eigenvalue weighted by Crippen LogP contribution is 2.24. The van der Waals surface area contributed by atoms with E-state index < -0.39 is 0 Å². The average molecular weight is 303 g/mol. The van der Waals surface area contributed by atoms with Crippen molar-refractivity contribution in [2.45, 2.75) is 31.4 Å². The van der Waals surface area contributed by atoms with Crippen molar-refractivity contribution < 1.29 is 9.90 Å². The van der Waals surface area contributed by atoms with Crippen LogP contribution in [0.1, 0.15) is 40.7 Å². The van der Waals surface area contributed by atoms with Crippen molar-refractivity contribution in [1.82, 2.24) is 5.32 Å². The van der Waals surface area contributed by atoms with Crippen LogP contribution in [0.5, 0.6) is 0 Å². The van der Waals surface area contributed by atoms with Gasteiger partial charge in [-0.15, -0.1) is 0 Å². The zero-order valence-corrected chi connectivity index (χ0v) is 13.1. The van der Waals surface area contributed by atoms with E-state index in [1.165, 1.54) is 25.0 Å². The Balaban J connectivity index is 1.94. The Morgan fingerprint density at radius 3 is 3.00 bits per heavy atom. The molecule has 2 N–H and O–H groups in total. The maximum absolute atomic E-state index is 12.2. The van der Waals surface area contributed by atoms with Crippen LogP contribution in [0.25, 0.3) is 0 Å². The quantitative estimate of drug-likeness (QED) is 0.843. The van der Waals surface area contributed by atoms with E-state index in [4.69, 9.17) is 5.11 Å². The summed E-state index contributed by atoms with van der Waals surface area (Å²) in [5.41, 5.74) is 2.47. The molecular weight excluding hydrogens is 282 g/mol. The maximum Gasteiger partial charge on any atom is 0.251 e. The van der Waals surface area contributed by atoms with Crippen molar-refractivity contribution in [1.29, 1.82) is 0 Å². The number of benzene rings is 1. The molecule has 1 aliphatic rings. The van der Waals surface area contributed by atoms with Crippen molar-refractivity contribution in [3.8, 4) is 11.8 Å². The standard InChI is InChI=1S/C17H21NO2S/c1-13-11-15(8-7-14(13)5-4-9-19)17(20)18-12-16-6-2-3-10-21-16/h7-8,11,16,19H,2-3,6,9-10,12H2,1H3,(H,18,20). The molecule has 1 fully saturated rings. The van der Waals surface area contributed by atoms with Gasteiger partial charge in [-0.2, -0.15) is 11.8 Å². The topological polar surface area (TPSA) is 49.3 Å².